The summed E-state index contributed by atoms with van der Waals surface area (Å²) in [5.41, 5.74) is 3.41. The van der Waals surface area contributed by atoms with Crippen molar-refractivity contribution < 1.29 is 9.53 Å². The number of para-hydroxylation sites is 1. The molecule has 0 aliphatic rings. The Morgan fingerprint density at radius 1 is 1.17 bits per heavy atom. The topological polar surface area (TPSA) is 64.1 Å². The number of nitrogens with zero attached hydrogens (tertiary/aromatic N) is 2. The summed E-state index contributed by atoms with van der Waals surface area (Å²) in [6.45, 7) is 4.00. The lowest BCUT2D eigenvalue weighted by atomic mass is 10.1. The zero-order valence-electron chi connectivity index (χ0n) is 13.0. The first kappa shape index (κ1) is 15.0. The molecule has 3 rings (SSSR count). The Hall–Kier alpha value is -2.95. The molecule has 0 fully saturated rings. The van der Waals surface area contributed by atoms with Gasteiger partial charge in [-0.15, -0.1) is 0 Å². The summed E-state index contributed by atoms with van der Waals surface area (Å²) in [5, 5.41) is 4.08. The van der Waals surface area contributed by atoms with Crippen molar-refractivity contribution in [3.8, 4) is 0 Å². The van der Waals surface area contributed by atoms with E-state index in [-0.39, 0.29) is 0 Å². The average molecular weight is 307 g/mol. The number of hydrogen-bond acceptors (Lipinski definition) is 5. The Kier molecular flexibility index (Phi) is 4.19. The fraction of sp³-hybridized carbons (Fsp3) is 0.167. The molecule has 1 aromatic carbocycles. The summed E-state index contributed by atoms with van der Waals surface area (Å²) < 4.78 is 5.14. The van der Waals surface area contributed by atoms with E-state index in [2.05, 4.69) is 15.3 Å². The maximum atomic E-state index is 12.2. The van der Waals surface area contributed by atoms with Gasteiger partial charge in [0.05, 0.1) is 12.3 Å². The van der Waals surface area contributed by atoms with Crippen LogP contribution in [0.15, 0.2) is 48.7 Å². The van der Waals surface area contributed by atoms with Crippen LogP contribution in [0, 0.1) is 6.92 Å². The number of anilines is 2. The minimum Gasteiger partial charge on any atom is -0.462 e. The SMILES string of the molecule is CCOC(=O)c1cnc2nc(C)ccc2c1Nc1ccccc1. The van der Waals surface area contributed by atoms with Crippen LogP contribution in [-0.2, 0) is 4.74 Å². The lowest BCUT2D eigenvalue weighted by molar-refractivity contribution is 0.0527. The number of esters is 1. The molecule has 2 heterocycles. The molecule has 0 saturated carbocycles. The van der Waals surface area contributed by atoms with Crippen LogP contribution >= 0.6 is 0 Å². The molecule has 116 valence electrons. The number of ether oxygens (including phenoxy) is 1. The lowest BCUT2D eigenvalue weighted by Gasteiger charge is -2.14. The Balaban J connectivity index is 2.16. The highest BCUT2D eigenvalue weighted by molar-refractivity contribution is 6.05. The predicted molar refractivity (Wildman–Crippen MR) is 90.0 cm³/mol. The second-order valence-electron chi connectivity index (χ2n) is 5.08. The number of hydrogen-bond donors (Lipinski definition) is 1. The fourth-order valence-electron chi connectivity index (χ4n) is 2.34. The Bertz CT molecular complexity index is 848. The van der Waals surface area contributed by atoms with E-state index in [9.17, 15) is 4.79 Å². The molecule has 5 heteroatoms. The standard InChI is InChI=1S/C18H17N3O2/c1-3-23-18(22)15-11-19-17-14(10-9-12(2)20-17)16(15)21-13-7-5-4-6-8-13/h4-11H,3H2,1-2H3,(H,19,20,21). The van der Waals surface area contributed by atoms with Gasteiger partial charge in [-0.3, -0.25) is 0 Å². The van der Waals surface area contributed by atoms with Crippen molar-refractivity contribution in [2.24, 2.45) is 0 Å². The van der Waals surface area contributed by atoms with E-state index < -0.39 is 5.97 Å². The van der Waals surface area contributed by atoms with Crippen LogP contribution in [0.5, 0.6) is 0 Å². The molecule has 5 nitrogen and oxygen atoms in total. The van der Waals surface area contributed by atoms with Crippen molar-refractivity contribution in [2.75, 3.05) is 11.9 Å². The number of carbonyl (C=O) groups excluding carboxylic acids is 1. The van der Waals surface area contributed by atoms with E-state index in [1.807, 2.05) is 49.4 Å². The van der Waals surface area contributed by atoms with Gasteiger partial charge in [0.25, 0.3) is 0 Å². The smallest absolute Gasteiger partial charge is 0.341 e. The number of carbonyl (C=O) groups is 1. The van der Waals surface area contributed by atoms with Crippen molar-refractivity contribution in [3.63, 3.8) is 0 Å². The third kappa shape index (κ3) is 3.13. The zero-order valence-corrected chi connectivity index (χ0v) is 13.0. The number of aryl methyl sites for hydroxylation is 1. The van der Waals surface area contributed by atoms with Crippen molar-refractivity contribution in [1.82, 2.24) is 9.97 Å². The van der Waals surface area contributed by atoms with Crippen molar-refractivity contribution in [2.45, 2.75) is 13.8 Å². The highest BCUT2D eigenvalue weighted by atomic mass is 16.5. The highest BCUT2D eigenvalue weighted by Gasteiger charge is 2.17. The van der Waals surface area contributed by atoms with Crippen LogP contribution in [0.4, 0.5) is 11.4 Å². The van der Waals surface area contributed by atoms with Crippen LogP contribution in [0.2, 0.25) is 0 Å². The third-order valence-corrected chi connectivity index (χ3v) is 3.41. The molecule has 0 radical (unpaired) electrons. The number of aromatic nitrogens is 2. The molecule has 0 amide bonds. The van der Waals surface area contributed by atoms with Gasteiger partial charge < -0.3 is 10.1 Å². The number of fused-ring (bicyclic) bond motifs is 1. The molecule has 0 bridgehead atoms. The fourth-order valence-corrected chi connectivity index (χ4v) is 2.34. The summed E-state index contributed by atoms with van der Waals surface area (Å²) in [6.07, 6.45) is 1.51. The van der Waals surface area contributed by atoms with E-state index in [4.69, 9.17) is 4.74 Å². The molecule has 0 aliphatic heterocycles. The van der Waals surface area contributed by atoms with Gasteiger partial charge in [0.15, 0.2) is 5.65 Å². The number of nitrogens with one attached hydrogen (secondary N) is 1. The summed E-state index contributed by atoms with van der Waals surface area (Å²) in [6, 6.07) is 13.5. The summed E-state index contributed by atoms with van der Waals surface area (Å²) in [7, 11) is 0. The minimum absolute atomic E-state index is 0.313. The lowest BCUT2D eigenvalue weighted by Crippen LogP contribution is -2.09. The minimum atomic E-state index is -0.402. The molecular formula is C18H17N3O2. The summed E-state index contributed by atoms with van der Waals surface area (Å²) >= 11 is 0. The highest BCUT2D eigenvalue weighted by Crippen LogP contribution is 2.29. The zero-order chi connectivity index (χ0) is 16.2. The Morgan fingerprint density at radius 2 is 1.96 bits per heavy atom. The van der Waals surface area contributed by atoms with Crippen molar-refractivity contribution in [1.29, 1.82) is 0 Å². The first-order valence-electron chi connectivity index (χ1n) is 7.44. The molecule has 3 aromatic rings. The van der Waals surface area contributed by atoms with Gasteiger partial charge in [-0.2, -0.15) is 0 Å². The molecule has 0 atom stereocenters. The van der Waals surface area contributed by atoms with Gasteiger partial charge in [0.1, 0.15) is 5.56 Å². The van der Waals surface area contributed by atoms with Crippen LogP contribution < -0.4 is 5.32 Å². The second kappa shape index (κ2) is 6.44. The molecule has 2 aromatic heterocycles. The van der Waals surface area contributed by atoms with E-state index in [1.165, 1.54) is 6.20 Å². The molecule has 0 saturated heterocycles. The van der Waals surface area contributed by atoms with Crippen LogP contribution in [0.25, 0.3) is 11.0 Å². The van der Waals surface area contributed by atoms with Crippen LogP contribution in [-0.4, -0.2) is 22.5 Å². The van der Waals surface area contributed by atoms with Gasteiger partial charge >= 0.3 is 5.97 Å². The van der Waals surface area contributed by atoms with Gasteiger partial charge in [0.2, 0.25) is 0 Å². The van der Waals surface area contributed by atoms with Gasteiger partial charge in [-0.05, 0) is 38.1 Å². The summed E-state index contributed by atoms with van der Waals surface area (Å²) in [4.78, 5) is 21.0. The monoisotopic (exact) mass is 307 g/mol. The molecule has 0 aliphatic carbocycles. The largest absolute Gasteiger partial charge is 0.462 e. The van der Waals surface area contributed by atoms with E-state index >= 15 is 0 Å². The van der Waals surface area contributed by atoms with Gasteiger partial charge in [-0.25, -0.2) is 14.8 Å². The van der Waals surface area contributed by atoms with Crippen molar-refractivity contribution in [3.05, 3.63) is 59.9 Å². The van der Waals surface area contributed by atoms with Crippen molar-refractivity contribution >= 4 is 28.4 Å². The first-order chi connectivity index (χ1) is 11.2. The number of rotatable bonds is 4. The normalized spacial score (nSPS) is 10.5. The molecule has 1 N–H and O–H groups in total. The maximum Gasteiger partial charge on any atom is 0.341 e. The number of pyridine rings is 2. The summed E-state index contributed by atoms with van der Waals surface area (Å²) in [5.74, 6) is -0.402. The van der Waals surface area contributed by atoms with Crippen LogP contribution in [0.1, 0.15) is 23.0 Å². The molecule has 0 unspecified atom stereocenters. The molecule has 0 spiro atoms. The predicted octanol–water partition coefficient (Wildman–Crippen LogP) is 3.86. The van der Waals surface area contributed by atoms with E-state index in [0.717, 1.165) is 16.8 Å². The number of benzene rings is 1. The van der Waals surface area contributed by atoms with Gasteiger partial charge in [0, 0.05) is 23.0 Å². The first-order valence-corrected chi connectivity index (χ1v) is 7.44. The van der Waals surface area contributed by atoms with Crippen LogP contribution in [0.3, 0.4) is 0 Å². The quantitative estimate of drug-likeness (QED) is 0.741. The second-order valence-corrected chi connectivity index (χ2v) is 5.08. The third-order valence-electron chi connectivity index (χ3n) is 3.41. The molecule has 23 heavy (non-hydrogen) atoms. The Labute approximate surface area is 134 Å². The Morgan fingerprint density at radius 3 is 2.70 bits per heavy atom. The van der Waals surface area contributed by atoms with E-state index in [1.54, 1.807) is 6.92 Å². The average Bonchev–Trinajstić information content (AvgIpc) is 2.56. The van der Waals surface area contributed by atoms with E-state index in [0.29, 0.717) is 23.5 Å². The molecular weight excluding hydrogens is 290 g/mol. The van der Waals surface area contributed by atoms with Gasteiger partial charge in [-0.1, -0.05) is 18.2 Å². The maximum absolute atomic E-state index is 12.2.